The summed E-state index contributed by atoms with van der Waals surface area (Å²) in [5, 5.41) is 8.12. The Morgan fingerprint density at radius 2 is 2.15 bits per heavy atom. The summed E-state index contributed by atoms with van der Waals surface area (Å²) in [4.78, 5) is 4.48. The van der Waals surface area contributed by atoms with Crippen LogP contribution in [0.5, 0.6) is 0 Å². The SMILES string of the molecule is Clc1ccccc1-c1noc(CC2CCCNCC2)n1. The number of hydrogen-bond acceptors (Lipinski definition) is 4. The molecule has 106 valence electrons. The molecule has 2 aromatic rings. The summed E-state index contributed by atoms with van der Waals surface area (Å²) in [6.07, 6.45) is 4.47. The van der Waals surface area contributed by atoms with Crippen LogP contribution in [0.3, 0.4) is 0 Å². The van der Waals surface area contributed by atoms with E-state index in [0.717, 1.165) is 25.1 Å². The van der Waals surface area contributed by atoms with Crippen LogP contribution in [0.4, 0.5) is 0 Å². The Morgan fingerprint density at radius 3 is 3.05 bits per heavy atom. The Balaban J connectivity index is 1.72. The minimum absolute atomic E-state index is 0.581. The average Bonchev–Trinajstić information content (AvgIpc) is 2.75. The van der Waals surface area contributed by atoms with Gasteiger partial charge in [-0.05, 0) is 50.4 Å². The maximum Gasteiger partial charge on any atom is 0.227 e. The molecule has 1 N–H and O–H groups in total. The van der Waals surface area contributed by atoms with Gasteiger partial charge < -0.3 is 9.84 Å². The van der Waals surface area contributed by atoms with Crippen LogP contribution in [-0.4, -0.2) is 23.2 Å². The normalized spacial score (nSPS) is 19.8. The maximum atomic E-state index is 6.15. The molecular weight excluding hydrogens is 274 g/mol. The topological polar surface area (TPSA) is 51.0 Å². The number of benzene rings is 1. The van der Waals surface area contributed by atoms with E-state index in [0.29, 0.717) is 22.7 Å². The molecule has 1 fully saturated rings. The molecule has 3 rings (SSSR count). The van der Waals surface area contributed by atoms with Crippen LogP contribution in [-0.2, 0) is 6.42 Å². The zero-order chi connectivity index (χ0) is 13.8. The molecule has 2 heterocycles. The molecule has 4 nitrogen and oxygen atoms in total. The van der Waals surface area contributed by atoms with Crippen LogP contribution in [0.15, 0.2) is 28.8 Å². The second-order valence-corrected chi connectivity index (χ2v) is 5.65. The second kappa shape index (κ2) is 6.37. The van der Waals surface area contributed by atoms with Gasteiger partial charge in [-0.2, -0.15) is 4.98 Å². The van der Waals surface area contributed by atoms with E-state index in [9.17, 15) is 0 Å². The van der Waals surface area contributed by atoms with Crippen molar-refractivity contribution in [3.05, 3.63) is 35.2 Å². The number of aromatic nitrogens is 2. The highest BCUT2D eigenvalue weighted by Crippen LogP contribution is 2.26. The molecule has 20 heavy (non-hydrogen) atoms. The average molecular weight is 292 g/mol. The molecule has 0 spiro atoms. The number of halogens is 1. The van der Waals surface area contributed by atoms with Gasteiger partial charge in [-0.3, -0.25) is 0 Å². The predicted octanol–water partition coefficient (Wildman–Crippen LogP) is 3.32. The maximum absolute atomic E-state index is 6.15. The highest BCUT2D eigenvalue weighted by atomic mass is 35.5. The summed E-state index contributed by atoms with van der Waals surface area (Å²) >= 11 is 6.15. The standard InChI is InChI=1S/C15H18ClN3O/c16-13-6-2-1-5-12(13)15-18-14(20-19-15)10-11-4-3-8-17-9-7-11/h1-2,5-6,11,17H,3-4,7-10H2. The first kappa shape index (κ1) is 13.6. The van der Waals surface area contributed by atoms with Crippen LogP contribution in [0.25, 0.3) is 11.4 Å². The van der Waals surface area contributed by atoms with Crippen molar-refractivity contribution in [3.8, 4) is 11.4 Å². The summed E-state index contributed by atoms with van der Waals surface area (Å²) < 4.78 is 5.38. The van der Waals surface area contributed by atoms with Gasteiger partial charge in [0.05, 0.1) is 5.02 Å². The van der Waals surface area contributed by atoms with Gasteiger partial charge in [0.1, 0.15) is 0 Å². The first-order chi connectivity index (χ1) is 9.83. The molecule has 0 aliphatic carbocycles. The van der Waals surface area contributed by atoms with Gasteiger partial charge in [0.2, 0.25) is 11.7 Å². The molecule has 1 saturated heterocycles. The van der Waals surface area contributed by atoms with Crippen molar-refractivity contribution in [2.45, 2.75) is 25.7 Å². The molecule has 1 aromatic heterocycles. The number of nitrogens with zero attached hydrogens (tertiary/aromatic N) is 2. The number of nitrogens with one attached hydrogen (secondary N) is 1. The van der Waals surface area contributed by atoms with Gasteiger partial charge in [0.15, 0.2) is 0 Å². The lowest BCUT2D eigenvalue weighted by atomic mass is 9.97. The van der Waals surface area contributed by atoms with E-state index >= 15 is 0 Å². The third-order valence-electron chi connectivity index (χ3n) is 3.74. The first-order valence-corrected chi connectivity index (χ1v) is 7.49. The molecule has 0 bridgehead atoms. The van der Waals surface area contributed by atoms with Crippen LogP contribution in [0.1, 0.15) is 25.2 Å². The molecule has 5 heteroatoms. The summed E-state index contributed by atoms with van der Waals surface area (Å²) in [6, 6.07) is 7.57. The molecule has 1 atom stereocenters. The molecule has 1 aliphatic rings. The predicted molar refractivity (Wildman–Crippen MR) is 78.7 cm³/mol. The van der Waals surface area contributed by atoms with Crippen LogP contribution in [0, 0.1) is 5.92 Å². The van der Waals surface area contributed by atoms with E-state index < -0.39 is 0 Å². The molecular formula is C15H18ClN3O. The van der Waals surface area contributed by atoms with Gasteiger partial charge in [-0.25, -0.2) is 0 Å². The fourth-order valence-electron chi connectivity index (χ4n) is 2.63. The highest BCUT2D eigenvalue weighted by Gasteiger charge is 2.17. The van der Waals surface area contributed by atoms with Crippen molar-refractivity contribution in [1.82, 2.24) is 15.5 Å². The molecule has 1 unspecified atom stereocenters. The van der Waals surface area contributed by atoms with Crippen molar-refractivity contribution in [2.75, 3.05) is 13.1 Å². The fraction of sp³-hybridized carbons (Fsp3) is 0.467. The Labute approximate surface area is 123 Å². The zero-order valence-corrected chi connectivity index (χ0v) is 12.1. The van der Waals surface area contributed by atoms with E-state index in [-0.39, 0.29) is 0 Å². The van der Waals surface area contributed by atoms with Crippen molar-refractivity contribution < 1.29 is 4.52 Å². The number of rotatable bonds is 3. The molecule has 1 aromatic carbocycles. The molecule has 1 aliphatic heterocycles. The van der Waals surface area contributed by atoms with Crippen molar-refractivity contribution in [2.24, 2.45) is 5.92 Å². The van der Waals surface area contributed by atoms with E-state index in [4.69, 9.17) is 16.1 Å². The van der Waals surface area contributed by atoms with Crippen LogP contribution < -0.4 is 5.32 Å². The highest BCUT2D eigenvalue weighted by molar-refractivity contribution is 6.33. The molecule has 0 radical (unpaired) electrons. The van der Waals surface area contributed by atoms with E-state index in [1.54, 1.807) is 0 Å². The third-order valence-corrected chi connectivity index (χ3v) is 4.07. The smallest absolute Gasteiger partial charge is 0.227 e. The van der Waals surface area contributed by atoms with Gasteiger partial charge in [0, 0.05) is 12.0 Å². The van der Waals surface area contributed by atoms with Crippen molar-refractivity contribution in [1.29, 1.82) is 0 Å². The third kappa shape index (κ3) is 3.19. The van der Waals surface area contributed by atoms with Crippen LogP contribution >= 0.6 is 11.6 Å². The Bertz CT molecular complexity index is 562. The lowest BCUT2D eigenvalue weighted by Crippen LogP contribution is -2.14. The van der Waals surface area contributed by atoms with Crippen LogP contribution in [0.2, 0.25) is 5.02 Å². The number of hydrogen-bond donors (Lipinski definition) is 1. The molecule has 0 amide bonds. The lowest BCUT2D eigenvalue weighted by molar-refractivity contribution is 0.341. The zero-order valence-electron chi connectivity index (χ0n) is 11.3. The van der Waals surface area contributed by atoms with Crippen molar-refractivity contribution in [3.63, 3.8) is 0 Å². The van der Waals surface area contributed by atoms with Gasteiger partial charge in [-0.1, -0.05) is 28.9 Å². The molecule has 0 saturated carbocycles. The minimum atomic E-state index is 0.581. The van der Waals surface area contributed by atoms with Gasteiger partial charge in [0.25, 0.3) is 0 Å². The Morgan fingerprint density at radius 1 is 1.25 bits per heavy atom. The van der Waals surface area contributed by atoms with E-state index in [1.165, 1.54) is 19.3 Å². The summed E-state index contributed by atoms with van der Waals surface area (Å²) in [5.41, 5.74) is 0.826. The Kier molecular flexibility index (Phi) is 4.33. The summed E-state index contributed by atoms with van der Waals surface area (Å²) in [6.45, 7) is 2.20. The fourth-order valence-corrected chi connectivity index (χ4v) is 2.85. The monoisotopic (exact) mass is 291 g/mol. The quantitative estimate of drug-likeness (QED) is 0.942. The van der Waals surface area contributed by atoms with Gasteiger partial charge in [-0.15, -0.1) is 0 Å². The lowest BCUT2D eigenvalue weighted by Gasteiger charge is -2.09. The summed E-state index contributed by atoms with van der Waals surface area (Å²) in [7, 11) is 0. The van der Waals surface area contributed by atoms with Gasteiger partial charge >= 0.3 is 0 Å². The Hall–Kier alpha value is -1.39. The van der Waals surface area contributed by atoms with E-state index in [2.05, 4.69) is 15.5 Å². The van der Waals surface area contributed by atoms with Crippen molar-refractivity contribution >= 4 is 11.6 Å². The first-order valence-electron chi connectivity index (χ1n) is 7.11. The second-order valence-electron chi connectivity index (χ2n) is 5.24. The van der Waals surface area contributed by atoms with E-state index in [1.807, 2.05) is 24.3 Å². The summed E-state index contributed by atoms with van der Waals surface area (Å²) in [5.74, 6) is 1.92. The largest absolute Gasteiger partial charge is 0.339 e. The minimum Gasteiger partial charge on any atom is -0.339 e.